The van der Waals surface area contributed by atoms with Crippen LogP contribution in [0.15, 0.2) is 90.3 Å². The van der Waals surface area contributed by atoms with Gasteiger partial charge in [-0.2, -0.15) is 0 Å². The van der Waals surface area contributed by atoms with Crippen molar-refractivity contribution in [2.24, 2.45) is 0 Å². The van der Waals surface area contributed by atoms with E-state index in [1.165, 1.54) is 31.1 Å². The fraction of sp³-hybridized carbons (Fsp3) is 0.242. The molecule has 1 aliphatic rings. The van der Waals surface area contributed by atoms with Gasteiger partial charge in [-0.3, -0.25) is 9.59 Å². The molecular formula is C33H33N3O3S. The highest BCUT2D eigenvalue weighted by molar-refractivity contribution is 7.14. The molecular weight excluding hydrogens is 518 g/mol. The van der Waals surface area contributed by atoms with Crippen molar-refractivity contribution in [3.63, 3.8) is 0 Å². The smallest absolute Gasteiger partial charge is 0.307 e. The van der Waals surface area contributed by atoms with Crippen molar-refractivity contribution >= 4 is 39.6 Å². The maximum absolute atomic E-state index is 12.5. The largest absolute Gasteiger partial charge is 0.469 e. The van der Waals surface area contributed by atoms with Gasteiger partial charge in [0.1, 0.15) is 0 Å². The van der Waals surface area contributed by atoms with Crippen LogP contribution < -0.4 is 10.2 Å². The van der Waals surface area contributed by atoms with Gasteiger partial charge in [0, 0.05) is 28.7 Å². The van der Waals surface area contributed by atoms with E-state index in [-0.39, 0.29) is 24.8 Å². The number of anilines is 2. The minimum atomic E-state index is -0.350. The van der Waals surface area contributed by atoms with Crippen molar-refractivity contribution in [1.29, 1.82) is 0 Å². The predicted octanol–water partition coefficient (Wildman–Crippen LogP) is 7.40. The van der Waals surface area contributed by atoms with Gasteiger partial charge < -0.3 is 15.0 Å². The van der Waals surface area contributed by atoms with Crippen LogP contribution in [0.2, 0.25) is 0 Å². The van der Waals surface area contributed by atoms with E-state index in [9.17, 15) is 9.59 Å². The van der Waals surface area contributed by atoms with E-state index in [4.69, 9.17) is 4.98 Å². The summed E-state index contributed by atoms with van der Waals surface area (Å²) >= 11 is 1.62. The Morgan fingerprint density at radius 3 is 2.42 bits per heavy atom. The Bertz CT molecular complexity index is 1460. The zero-order chi connectivity index (χ0) is 27.7. The molecule has 1 aliphatic carbocycles. The molecule has 3 aromatic carbocycles. The third-order valence-corrected chi connectivity index (χ3v) is 7.90. The van der Waals surface area contributed by atoms with Crippen molar-refractivity contribution < 1.29 is 14.3 Å². The van der Waals surface area contributed by atoms with E-state index in [0.717, 1.165) is 40.5 Å². The minimum absolute atomic E-state index is 0.143. The molecule has 0 spiro atoms. The predicted molar refractivity (Wildman–Crippen MR) is 162 cm³/mol. The lowest BCUT2D eigenvalue weighted by Crippen LogP contribution is -2.26. The zero-order valence-electron chi connectivity index (χ0n) is 22.6. The fourth-order valence-corrected chi connectivity index (χ4v) is 5.64. The summed E-state index contributed by atoms with van der Waals surface area (Å²) in [6.07, 6.45) is 7.33. The number of ether oxygens (including phenoxy) is 1. The lowest BCUT2D eigenvalue weighted by Gasteiger charge is -2.23. The van der Waals surface area contributed by atoms with Crippen molar-refractivity contribution in [2.75, 3.05) is 18.6 Å². The normalized spacial score (nSPS) is 12.9. The molecule has 5 rings (SSSR count). The molecule has 7 heteroatoms. The molecule has 0 atom stereocenters. The summed E-state index contributed by atoms with van der Waals surface area (Å²) < 4.78 is 4.63. The van der Waals surface area contributed by atoms with Gasteiger partial charge in [-0.15, -0.1) is 11.3 Å². The topological polar surface area (TPSA) is 71.5 Å². The van der Waals surface area contributed by atoms with Crippen molar-refractivity contribution in [2.45, 2.75) is 38.6 Å². The second-order valence-corrected chi connectivity index (χ2v) is 10.6. The van der Waals surface area contributed by atoms with E-state index >= 15 is 0 Å². The molecule has 1 aromatic heterocycles. The van der Waals surface area contributed by atoms with Crippen LogP contribution >= 0.6 is 11.3 Å². The summed E-state index contributed by atoms with van der Waals surface area (Å²) in [7, 11) is 1.34. The molecule has 40 heavy (non-hydrogen) atoms. The van der Waals surface area contributed by atoms with Gasteiger partial charge in [-0.05, 0) is 66.6 Å². The molecule has 0 bridgehead atoms. The third kappa shape index (κ3) is 6.85. The Balaban J connectivity index is 1.36. The number of esters is 1. The molecule has 1 heterocycles. The average Bonchev–Trinajstić information content (AvgIpc) is 3.51. The average molecular weight is 552 g/mol. The van der Waals surface area contributed by atoms with Crippen molar-refractivity contribution in [3.05, 3.63) is 107 Å². The molecule has 0 saturated carbocycles. The van der Waals surface area contributed by atoms with E-state index in [2.05, 4.69) is 62.8 Å². The number of allylic oxidation sites excluding steroid dienone is 2. The number of hydrogen-bond donors (Lipinski definition) is 1. The molecule has 0 unspecified atom stereocenters. The van der Waals surface area contributed by atoms with Crippen LogP contribution in [0.4, 0.5) is 10.8 Å². The van der Waals surface area contributed by atoms with E-state index in [1.807, 2.05) is 42.5 Å². The minimum Gasteiger partial charge on any atom is -0.469 e. The van der Waals surface area contributed by atoms with Crippen LogP contribution in [0.25, 0.3) is 16.8 Å². The van der Waals surface area contributed by atoms with Gasteiger partial charge in [0.2, 0.25) is 0 Å². The highest BCUT2D eigenvalue weighted by Gasteiger charge is 2.17. The van der Waals surface area contributed by atoms with E-state index in [0.29, 0.717) is 12.1 Å². The van der Waals surface area contributed by atoms with Crippen LogP contribution in [0.3, 0.4) is 0 Å². The molecule has 0 radical (unpaired) electrons. The molecule has 204 valence electrons. The van der Waals surface area contributed by atoms with Crippen LogP contribution in [0.1, 0.15) is 53.6 Å². The Kier molecular flexibility index (Phi) is 9.04. The van der Waals surface area contributed by atoms with Gasteiger partial charge in [0.05, 0.1) is 25.8 Å². The number of amides is 1. The second-order valence-electron chi connectivity index (χ2n) is 9.77. The number of methoxy groups -OCH3 is 1. The molecule has 0 fully saturated rings. The van der Waals surface area contributed by atoms with Crippen LogP contribution in [-0.4, -0.2) is 30.5 Å². The maximum Gasteiger partial charge on any atom is 0.307 e. The summed E-state index contributed by atoms with van der Waals surface area (Å²) in [6.45, 7) is 0.843. The van der Waals surface area contributed by atoms with Gasteiger partial charge in [0.15, 0.2) is 5.13 Å². The number of carbonyl (C=O) groups excluding carboxylic acids is 2. The Morgan fingerprint density at radius 1 is 0.950 bits per heavy atom. The van der Waals surface area contributed by atoms with Gasteiger partial charge in [-0.25, -0.2) is 4.98 Å². The van der Waals surface area contributed by atoms with Crippen LogP contribution in [-0.2, 0) is 16.1 Å². The van der Waals surface area contributed by atoms with Crippen molar-refractivity contribution in [1.82, 2.24) is 10.3 Å². The number of hydrogen-bond acceptors (Lipinski definition) is 6. The summed E-state index contributed by atoms with van der Waals surface area (Å²) in [4.78, 5) is 31.0. The quantitative estimate of drug-likeness (QED) is 0.208. The van der Waals surface area contributed by atoms with Crippen molar-refractivity contribution in [3.8, 4) is 11.3 Å². The van der Waals surface area contributed by atoms with Gasteiger partial charge in [0.25, 0.3) is 5.91 Å². The number of aromatic nitrogens is 1. The summed E-state index contributed by atoms with van der Waals surface area (Å²) in [6, 6.07) is 26.6. The maximum atomic E-state index is 12.5. The second kappa shape index (κ2) is 13.2. The van der Waals surface area contributed by atoms with Crippen LogP contribution in [0, 0.1) is 0 Å². The molecule has 1 N–H and O–H groups in total. The molecule has 0 aliphatic heterocycles. The molecule has 0 saturated heterocycles. The lowest BCUT2D eigenvalue weighted by molar-refractivity contribution is -0.140. The standard InChI is InChI=1S/C33H33N3O3S/c1-39-31(37)20-21-34-32(38)28-14-12-24(13-15-28)22-36(33-35-30(23-40-33)27-10-6-3-7-11-27)29-18-16-26(17-19-29)25-8-4-2-5-9-25/h3,6-8,10-19,23H,2,4-5,9,20-22H2,1H3,(H,34,38). The summed E-state index contributed by atoms with van der Waals surface area (Å²) in [5.41, 5.74) is 7.44. The number of nitrogens with zero attached hydrogens (tertiary/aromatic N) is 2. The number of benzene rings is 3. The van der Waals surface area contributed by atoms with Gasteiger partial charge in [-0.1, -0.05) is 60.7 Å². The Morgan fingerprint density at radius 2 is 1.73 bits per heavy atom. The SMILES string of the molecule is COC(=O)CCNC(=O)c1ccc(CN(c2ccc(C3=CCCCC3)cc2)c2nc(-c3ccccc3)cs2)cc1. The fourth-order valence-electron chi connectivity index (χ4n) is 4.78. The summed E-state index contributed by atoms with van der Waals surface area (Å²) in [5.74, 6) is -0.566. The first kappa shape index (κ1) is 27.3. The first-order valence-corrected chi connectivity index (χ1v) is 14.5. The third-order valence-electron chi connectivity index (χ3n) is 7.03. The van der Waals surface area contributed by atoms with E-state index < -0.39 is 0 Å². The lowest BCUT2D eigenvalue weighted by atomic mass is 9.93. The van der Waals surface area contributed by atoms with E-state index in [1.54, 1.807) is 11.3 Å². The molecule has 6 nitrogen and oxygen atoms in total. The Labute approximate surface area is 239 Å². The zero-order valence-corrected chi connectivity index (χ0v) is 23.5. The highest BCUT2D eigenvalue weighted by atomic mass is 32.1. The van der Waals surface area contributed by atoms with Crippen LogP contribution in [0.5, 0.6) is 0 Å². The first-order chi connectivity index (χ1) is 19.6. The van der Waals surface area contributed by atoms with Gasteiger partial charge >= 0.3 is 5.97 Å². The first-order valence-electron chi connectivity index (χ1n) is 13.6. The molecule has 1 amide bonds. The monoisotopic (exact) mass is 551 g/mol. The number of nitrogens with one attached hydrogen (secondary N) is 1. The number of rotatable bonds is 10. The highest BCUT2D eigenvalue weighted by Crippen LogP contribution is 2.35. The molecule has 4 aromatic rings. The number of thiazole rings is 1. The number of carbonyl (C=O) groups is 2. The Hall–Kier alpha value is -4.23. The summed E-state index contributed by atoms with van der Waals surface area (Å²) in [5, 5.41) is 5.77.